The normalized spacial score (nSPS) is 14.6. The van der Waals surface area contributed by atoms with E-state index in [9.17, 15) is 0 Å². The molecule has 0 amide bonds. The van der Waals surface area contributed by atoms with Gasteiger partial charge in [-0.2, -0.15) is 0 Å². The maximum absolute atomic E-state index is 5.74. The number of ether oxygens (including phenoxy) is 1. The van der Waals surface area contributed by atoms with Crippen LogP contribution in [0, 0.1) is 0 Å². The smallest absolute Gasteiger partial charge is 0.122 e. The number of fused-ring (bicyclic) bond motifs is 1. The van der Waals surface area contributed by atoms with Gasteiger partial charge in [0, 0.05) is 16.9 Å². The topological polar surface area (TPSA) is 47.3 Å². The second kappa shape index (κ2) is 6.60. The minimum atomic E-state index is 0.144. The monoisotopic (exact) mass is 346 g/mol. The van der Waals surface area contributed by atoms with Crippen LogP contribution in [0.3, 0.4) is 0 Å². The number of halogens is 1. The third-order valence-corrected chi connectivity index (χ3v) is 4.68. The first kappa shape index (κ1) is 14.6. The highest BCUT2D eigenvalue weighted by Crippen LogP contribution is 2.29. The van der Waals surface area contributed by atoms with E-state index in [4.69, 9.17) is 10.6 Å². The zero-order valence-corrected chi connectivity index (χ0v) is 13.4. The first-order valence-corrected chi connectivity index (χ1v) is 8.02. The predicted octanol–water partition coefficient (Wildman–Crippen LogP) is 3.52. The van der Waals surface area contributed by atoms with E-state index < -0.39 is 0 Å². The number of nitrogens with two attached hydrogens (primary N) is 1. The van der Waals surface area contributed by atoms with Crippen molar-refractivity contribution in [3.63, 3.8) is 0 Å². The van der Waals surface area contributed by atoms with E-state index in [1.54, 1.807) is 0 Å². The summed E-state index contributed by atoms with van der Waals surface area (Å²) in [5.74, 6) is 6.78. The average Bonchev–Trinajstić information content (AvgIpc) is 2.97. The zero-order valence-electron chi connectivity index (χ0n) is 11.8. The molecule has 0 radical (unpaired) electrons. The van der Waals surface area contributed by atoms with Gasteiger partial charge in [0.05, 0.1) is 6.61 Å². The fraction of sp³-hybridized carbons (Fsp3) is 0.294. The van der Waals surface area contributed by atoms with Crippen LogP contribution in [0.4, 0.5) is 0 Å². The summed E-state index contributed by atoms with van der Waals surface area (Å²) in [6, 6.07) is 14.8. The molecule has 1 heterocycles. The van der Waals surface area contributed by atoms with Crippen molar-refractivity contribution in [2.24, 2.45) is 5.84 Å². The minimum Gasteiger partial charge on any atom is -0.493 e. The first-order valence-electron chi connectivity index (χ1n) is 7.23. The van der Waals surface area contributed by atoms with Crippen molar-refractivity contribution in [2.45, 2.75) is 25.3 Å². The van der Waals surface area contributed by atoms with Gasteiger partial charge in [0.25, 0.3) is 0 Å². The molecule has 1 unspecified atom stereocenters. The molecular formula is C17H19BrN2O. The Labute approximate surface area is 133 Å². The van der Waals surface area contributed by atoms with Crippen molar-refractivity contribution in [2.75, 3.05) is 6.61 Å². The number of hydrazine groups is 1. The fourth-order valence-electron chi connectivity index (χ4n) is 2.79. The van der Waals surface area contributed by atoms with E-state index in [0.29, 0.717) is 0 Å². The van der Waals surface area contributed by atoms with E-state index in [-0.39, 0.29) is 6.04 Å². The molecule has 4 heteroatoms. The summed E-state index contributed by atoms with van der Waals surface area (Å²) in [6.07, 6.45) is 2.97. The molecule has 0 aromatic heterocycles. The van der Waals surface area contributed by atoms with E-state index in [1.165, 1.54) is 16.7 Å². The second-order valence-electron chi connectivity index (χ2n) is 5.32. The molecule has 0 aliphatic carbocycles. The van der Waals surface area contributed by atoms with Crippen LogP contribution in [0.5, 0.6) is 5.75 Å². The Morgan fingerprint density at radius 3 is 2.90 bits per heavy atom. The summed E-state index contributed by atoms with van der Waals surface area (Å²) >= 11 is 3.59. The number of rotatable bonds is 5. The summed E-state index contributed by atoms with van der Waals surface area (Å²) in [5, 5.41) is 0. The predicted molar refractivity (Wildman–Crippen MR) is 88.2 cm³/mol. The lowest BCUT2D eigenvalue weighted by Crippen LogP contribution is -2.28. The van der Waals surface area contributed by atoms with Crippen molar-refractivity contribution >= 4 is 15.9 Å². The maximum atomic E-state index is 5.74. The van der Waals surface area contributed by atoms with E-state index in [1.807, 2.05) is 18.2 Å². The number of aryl methyl sites for hydroxylation is 1. The second-order valence-corrected chi connectivity index (χ2v) is 6.17. The van der Waals surface area contributed by atoms with Gasteiger partial charge in [-0.05, 0) is 41.7 Å². The van der Waals surface area contributed by atoms with Crippen LogP contribution < -0.4 is 16.0 Å². The molecule has 3 N–H and O–H groups in total. The molecule has 1 aliphatic rings. The zero-order chi connectivity index (χ0) is 14.7. The van der Waals surface area contributed by atoms with Gasteiger partial charge in [-0.1, -0.05) is 46.3 Å². The highest BCUT2D eigenvalue weighted by Gasteiger charge is 2.15. The summed E-state index contributed by atoms with van der Waals surface area (Å²) in [4.78, 5) is 0. The Kier molecular flexibility index (Phi) is 4.58. The summed E-state index contributed by atoms with van der Waals surface area (Å²) in [7, 11) is 0. The van der Waals surface area contributed by atoms with Crippen molar-refractivity contribution < 1.29 is 4.74 Å². The molecule has 21 heavy (non-hydrogen) atoms. The van der Waals surface area contributed by atoms with E-state index in [2.05, 4.69) is 45.6 Å². The standard InChI is InChI=1S/C17H19BrN2O/c18-15-4-2-1-3-14(15)16(20-19)7-5-12-6-8-17-13(11-12)9-10-21-17/h1-4,6,8,11,16,20H,5,7,9-10,19H2. The van der Waals surface area contributed by atoms with E-state index >= 15 is 0 Å². The highest BCUT2D eigenvalue weighted by molar-refractivity contribution is 9.10. The van der Waals surface area contributed by atoms with Gasteiger partial charge in [0.2, 0.25) is 0 Å². The lowest BCUT2D eigenvalue weighted by molar-refractivity contribution is 0.357. The van der Waals surface area contributed by atoms with Crippen LogP contribution in [-0.2, 0) is 12.8 Å². The average molecular weight is 347 g/mol. The molecule has 1 aliphatic heterocycles. The number of hydrogen-bond acceptors (Lipinski definition) is 3. The third-order valence-electron chi connectivity index (χ3n) is 3.96. The van der Waals surface area contributed by atoms with Crippen LogP contribution in [0.1, 0.15) is 29.2 Å². The summed E-state index contributed by atoms with van der Waals surface area (Å²) < 4.78 is 6.64. The van der Waals surface area contributed by atoms with Crippen LogP contribution in [0.15, 0.2) is 46.9 Å². The Balaban J connectivity index is 1.70. The Bertz CT molecular complexity index is 630. The van der Waals surface area contributed by atoms with Gasteiger partial charge >= 0.3 is 0 Å². The Morgan fingerprint density at radius 2 is 2.10 bits per heavy atom. The molecule has 2 aromatic carbocycles. The molecule has 1 atom stereocenters. The van der Waals surface area contributed by atoms with Crippen LogP contribution in [0.25, 0.3) is 0 Å². The molecule has 2 aromatic rings. The van der Waals surface area contributed by atoms with Gasteiger partial charge in [-0.3, -0.25) is 11.3 Å². The Hall–Kier alpha value is -1.36. The Morgan fingerprint density at radius 1 is 1.24 bits per heavy atom. The van der Waals surface area contributed by atoms with E-state index in [0.717, 1.165) is 36.1 Å². The number of benzene rings is 2. The molecule has 0 saturated heterocycles. The number of nitrogens with one attached hydrogen (secondary N) is 1. The van der Waals surface area contributed by atoms with Crippen molar-refractivity contribution in [3.8, 4) is 5.75 Å². The van der Waals surface area contributed by atoms with Gasteiger partial charge in [0.1, 0.15) is 5.75 Å². The third kappa shape index (κ3) is 3.28. The summed E-state index contributed by atoms with van der Waals surface area (Å²) in [5.41, 5.74) is 6.79. The molecule has 3 rings (SSSR count). The van der Waals surface area contributed by atoms with Crippen LogP contribution in [-0.4, -0.2) is 6.61 Å². The first-order chi connectivity index (χ1) is 10.3. The fourth-order valence-corrected chi connectivity index (χ4v) is 3.35. The SMILES string of the molecule is NNC(CCc1ccc2c(c1)CCO2)c1ccccc1Br. The van der Waals surface area contributed by atoms with Crippen molar-refractivity contribution in [1.29, 1.82) is 0 Å². The quantitative estimate of drug-likeness (QED) is 0.643. The molecule has 3 nitrogen and oxygen atoms in total. The largest absolute Gasteiger partial charge is 0.493 e. The molecule has 0 saturated carbocycles. The highest BCUT2D eigenvalue weighted by atomic mass is 79.9. The molecule has 0 spiro atoms. The molecular weight excluding hydrogens is 328 g/mol. The van der Waals surface area contributed by atoms with Crippen molar-refractivity contribution in [1.82, 2.24) is 5.43 Å². The summed E-state index contributed by atoms with van der Waals surface area (Å²) in [6.45, 7) is 0.808. The maximum Gasteiger partial charge on any atom is 0.122 e. The van der Waals surface area contributed by atoms with Crippen LogP contribution >= 0.6 is 15.9 Å². The van der Waals surface area contributed by atoms with Gasteiger partial charge in [-0.25, -0.2) is 0 Å². The lowest BCUT2D eigenvalue weighted by Gasteiger charge is -2.18. The minimum absolute atomic E-state index is 0.144. The number of hydrogen-bond donors (Lipinski definition) is 2. The lowest BCUT2D eigenvalue weighted by atomic mass is 9.98. The molecule has 0 bridgehead atoms. The van der Waals surface area contributed by atoms with Gasteiger partial charge in [-0.15, -0.1) is 0 Å². The van der Waals surface area contributed by atoms with Gasteiger partial charge < -0.3 is 4.74 Å². The van der Waals surface area contributed by atoms with Gasteiger partial charge in [0.15, 0.2) is 0 Å². The van der Waals surface area contributed by atoms with Crippen LogP contribution in [0.2, 0.25) is 0 Å². The van der Waals surface area contributed by atoms with Crippen molar-refractivity contribution in [3.05, 3.63) is 63.6 Å². The molecule has 0 fully saturated rings. The molecule has 110 valence electrons.